The fraction of sp³-hybridized carbons (Fsp3) is 1.00. The van der Waals surface area contributed by atoms with E-state index in [2.05, 4.69) is 26.1 Å². The molecule has 0 aromatic carbocycles. The molecular weight excluding hydrogens is 234 g/mol. The minimum Gasteiger partial charge on any atom is -0.316 e. The van der Waals surface area contributed by atoms with Crippen molar-refractivity contribution >= 4 is 9.84 Å². The summed E-state index contributed by atoms with van der Waals surface area (Å²) in [6.07, 6.45) is 3.97. The monoisotopic (exact) mass is 261 g/mol. The minimum absolute atomic E-state index is 0.0808. The van der Waals surface area contributed by atoms with Gasteiger partial charge in [-0.25, -0.2) is 8.42 Å². The fourth-order valence-corrected chi connectivity index (χ4v) is 5.17. The van der Waals surface area contributed by atoms with E-state index in [0.717, 1.165) is 19.3 Å². The van der Waals surface area contributed by atoms with Crippen LogP contribution in [0.25, 0.3) is 0 Å². The molecule has 0 heterocycles. The summed E-state index contributed by atoms with van der Waals surface area (Å²) in [6, 6.07) is 0.0808. The molecule has 1 N–H and O–H groups in total. The lowest BCUT2D eigenvalue weighted by atomic mass is 9.91. The molecule has 0 aromatic rings. The van der Waals surface area contributed by atoms with Crippen LogP contribution in [-0.2, 0) is 9.84 Å². The van der Waals surface area contributed by atoms with Crippen molar-refractivity contribution in [3.63, 3.8) is 0 Å². The third-order valence-electron chi connectivity index (χ3n) is 3.98. The standard InChI is InChI=1S/C13H27NO2S/c1-10(2)13(14-4)9-17(15,16)12-7-5-6-11(3)8-12/h10-14H,5-9H2,1-4H3. The summed E-state index contributed by atoms with van der Waals surface area (Å²) < 4.78 is 24.7. The summed E-state index contributed by atoms with van der Waals surface area (Å²) >= 11 is 0. The molecule has 1 fully saturated rings. The number of hydrogen-bond donors (Lipinski definition) is 1. The van der Waals surface area contributed by atoms with Crippen LogP contribution in [-0.4, -0.2) is 32.5 Å². The maximum atomic E-state index is 12.4. The van der Waals surface area contributed by atoms with Crippen LogP contribution in [0.1, 0.15) is 46.5 Å². The van der Waals surface area contributed by atoms with E-state index in [0.29, 0.717) is 17.6 Å². The predicted molar refractivity (Wildman–Crippen MR) is 72.9 cm³/mol. The van der Waals surface area contributed by atoms with E-state index < -0.39 is 9.84 Å². The summed E-state index contributed by atoms with van der Waals surface area (Å²) in [5.41, 5.74) is 0. The molecule has 1 saturated carbocycles. The molecule has 0 radical (unpaired) electrons. The lowest BCUT2D eigenvalue weighted by Crippen LogP contribution is -2.41. The van der Waals surface area contributed by atoms with Crippen LogP contribution in [0.5, 0.6) is 0 Å². The van der Waals surface area contributed by atoms with Gasteiger partial charge in [0.2, 0.25) is 0 Å². The predicted octanol–water partition coefficient (Wildman–Crippen LogP) is 2.22. The molecule has 3 atom stereocenters. The number of sulfone groups is 1. The highest BCUT2D eigenvalue weighted by molar-refractivity contribution is 7.92. The Morgan fingerprint density at radius 2 is 1.94 bits per heavy atom. The highest BCUT2D eigenvalue weighted by Gasteiger charge is 2.32. The molecule has 3 nitrogen and oxygen atoms in total. The van der Waals surface area contributed by atoms with Crippen molar-refractivity contribution in [3.8, 4) is 0 Å². The molecule has 3 unspecified atom stereocenters. The summed E-state index contributed by atoms with van der Waals surface area (Å²) in [7, 11) is -1.08. The molecule has 1 aliphatic rings. The Balaban J connectivity index is 2.67. The second kappa shape index (κ2) is 6.19. The van der Waals surface area contributed by atoms with Crippen molar-refractivity contribution in [3.05, 3.63) is 0 Å². The van der Waals surface area contributed by atoms with E-state index in [1.165, 1.54) is 6.42 Å². The molecule has 0 amide bonds. The summed E-state index contributed by atoms with van der Waals surface area (Å²) in [4.78, 5) is 0. The second-order valence-electron chi connectivity index (χ2n) is 5.86. The highest BCUT2D eigenvalue weighted by Crippen LogP contribution is 2.29. The Kier molecular flexibility index (Phi) is 5.45. The van der Waals surface area contributed by atoms with Crippen molar-refractivity contribution in [2.45, 2.75) is 57.7 Å². The molecular formula is C13H27NO2S. The Labute approximate surface area is 106 Å². The van der Waals surface area contributed by atoms with Gasteiger partial charge in [-0.1, -0.05) is 33.6 Å². The summed E-state index contributed by atoms with van der Waals surface area (Å²) in [5.74, 6) is 1.21. The molecule has 17 heavy (non-hydrogen) atoms. The average Bonchev–Trinajstić information content (AvgIpc) is 2.25. The molecule has 0 spiro atoms. The van der Waals surface area contributed by atoms with Gasteiger partial charge in [0, 0.05) is 6.04 Å². The quantitative estimate of drug-likeness (QED) is 0.825. The maximum absolute atomic E-state index is 12.4. The number of rotatable bonds is 5. The van der Waals surface area contributed by atoms with Gasteiger partial charge in [-0.15, -0.1) is 0 Å². The summed E-state index contributed by atoms with van der Waals surface area (Å²) in [6.45, 7) is 6.31. The first-order chi connectivity index (χ1) is 7.86. The number of nitrogens with one attached hydrogen (secondary N) is 1. The van der Waals surface area contributed by atoms with Crippen LogP contribution >= 0.6 is 0 Å². The van der Waals surface area contributed by atoms with Crippen LogP contribution in [0.15, 0.2) is 0 Å². The third kappa shape index (κ3) is 4.25. The van der Waals surface area contributed by atoms with E-state index >= 15 is 0 Å². The van der Waals surface area contributed by atoms with E-state index in [1.807, 2.05) is 7.05 Å². The van der Waals surface area contributed by atoms with Gasteiger partial charge in [0.05, 0.1) is 11.0 Å². The third-order valence-corrected chi connectivity index (χ3v) is 6.25. The SMILES string of the molecule is CNC(CS(=O)(=O)C1CCCC(C)C1)C(C)C. The molecule has 0 bridgehead atoms. The molecule has 0 aliphatic heterocycles. The highest BCUT2D eigenvalue weighted by atomic mass is 32.2. The molecule has 102 valence electrons. The zero-order chi connectivity index (χ0) is 13.1. The molecule has 1 aliphatic carbocycles. The Bertz CT molecular complexity index is 324. The Morgan fingerprint density at radius 1 is 1.29 bits per heavy atom. The van der Waals surface area contributed by atoms with Gasteiger partial charge in [-0.05, 0) is 31.7 Å². The van der Waals surface area contributed by atoms with E-state index in [9.17, 15) is 8.42 Å². The largest absolute Gasteiger partial charge is 0.316 e. The normalized spacial score (nSPS) is 28.3. The van der Waals surface area contributed by atoms with Gasteiger partial charge in [0.15, 0.2) is 9.84 Å². The first-order valence-corrected chi connectivity index (χ1v) is 8.47. The van der Waals surface area contributed by atoms with Crippen LogP contribution in [0.2, 0.25) is 0 Å². The first kappa shape index (κ1) is 15.0. The van der Waals surface area contributed by atoms with Crippen LogP contribution < -0.4 is 5.32 Å². The zero-order valence-electron chi connectivity index (χ0n) is 11.6. The molecule has 4 heteroatoms. The lowest BCUT2D eigenvalue weighted by Gasteiger charge is -2.29. The van der Waals surface area contributed by atoms with E-state index in [1.54, 1.807) is 0 Å². The Morgan fingerprint density at radius 3 is 2.41 bits per heavy atom. The van der Waals surface area contributed by atoms with Crippen LogP contribution in [0, 0.1) is 11.8 Å². The molecule has 0 saturated heterocycles. The van der Waals surface area contributed by atoms with Gasteiger partial charge in [0.25, 0.3) is 0 Å². The smallest absolute Gasteiger partial charge is 0.154 e. The minimum atomic E-state index is -2.94. The van der Waals surface area contributed by atoms with Crippen molar-refractivity contribution in [1.29, 1.82) is 0 Å². The van der Waals surface area contributed by atoms with Crippen molar-refractivity contribution in [2.24, 2.45) is 11.8 Å². The first-order valence-electron chi connectivity index (χ1n) is 6.75. The van der Waals surface area contributed by atoms with E-state index in [4.69, 9.17) is 0 Å². The summed E-state index contributed by atoms with van der Waals surface area (Å²) in [5, 5.41) is 3.03. The van der Waals surface area contributed by atoms with Crippen LogP contribution in [0.3, 0.4) is 0 Å². The van der Waals surface area contributed by atoms with Gasteiger partial charge in [-0.3, -0.25) is 0 Å². The maximum Gasteiger partial charge on any atom is 0.154 e. The van der Waals surface area contributed by atoms with Gasteiger partial charge in [-0.2, -0.15) is 0 Å². The van der Waals surface area contributed by atoms with Crippen molar-refractivity contribution in [2.75, 3.05) is 12.8 Å². The van der Waals surface area contributed by atoms with Gasteiger partial charge >= 0.3 is 0 Å². The van der Waals surface area contributed by atoms with Crippen molar-refractivity contribution in [1.82, 2.24) is 5.32 Å². The van der Waals surface area contributed by atoms with Gasteiger partial charge in [0.1, 0.15) is 0 Å². The topological polar surface area (TPSA) is 46.2 Å². The second-order valence-corrected chi connectivity index (χ2v) is 8.19. The zero-order valence-corrected chi connectivity index (χ0v) is 12.4. The lowest BCUT2D eigenvalue weighted by molar-refractivity contribution is 0.378. The van der Waals surface area contributed by atoms with E-state index in [-0.39, 0.29) is 11.3 Å². The van der Waals surface area contributed by atoms with Gasteiger partial charge < -0.3 is 5.32 Å². The fourth-order valence-electron chi connectivity index (χ4n) is 2.70. The van der Waals surface area contributed by atoms with Crippen molar-refractivity contribution < 1.29 is 8.42 Å². The Hall–Kier alpha value is -0.0900. The van der Waals surface area contributed by atoms with Crippen LogP contribution in [0.4, 0.5) is 0 Å². The number of hydrogen-bond acceptors (Lipinski definition) is 3. The average molecular weight is 261 g/mol. The molecule has 0 aromatic heterocycles. The molecule has 1 rings (SSSR count).